The molecule has 1 aliphatic rings. The van der Waals surface area contributed by atoms with Crippen LogP contribution in [0.3, 0.4) is 0 Å². The molecule has 0 unspecified atom stereocenters. The zero-order valence-electron chi connectivity index (χ0n) is 14.3. The number of nitrogens with zero attached hydrogens (tertiary/aromatic N) is 3. The van der Waals surface area contributed by atoms with Crippen LogP contribution in [0.5, 0.6) is 5.75 Å². The summed E-state index contributed by atoms with van der Waals surface area (Å²) in [5.41, 5.74) is 0. The summed E-state index contributed by atoms with van der Waals surface area (Å²) in [7, 11) is 0. The third-order valence-electron chi connectivity index (χ3n) is 4.14. The summed E-state index contributed by atoms with van der Waals surface area (Å²) in [4.78, 5) is 1.34. The molecule has 136 valence electrons. The molecule has 2 aromatic heterocycles. The molecule has 0 atom stereocenters. The zero-order chi connectivity index (χ0) is 17.8. The van der Waals surface area contributed by atoms with Crippen molar-refractivity contribution in [2.75, 3.05) is 12.4 Å². The van der Waals surface area contributed by atoms with E-state index >= 15 is 0 Å². The number of thiophene rings is 1. The fourth-order valence-corrected chi connectivity index (χ4v) is 4.58. The lowest BCUT2D eigenvalue weighted by atomic mass is 10.3. The van der Waals surface area contributed by atoms with E-state index in [4.69, 9.17) is 16.3 Å². The fourth-order valence-electron chi connectivity index (χ4n) is 2.76. The number of thioether (sulfide) groups is 1. The third-order valence-corrected chi connectivity index (χ3v) is 6.29. The van der Waals surface area contributed by atoms with Crippen LogP contribution in [-0.4, -0.2) is 27.1 Å². The van der Waals surface area contributed by atoms with E-state index in [1.165, 1.54) is 17.7 Å². The van der Waals surface area contributed by atoms with Crippen molar-refractivity contribution in [1.29, 1.82) is 0 Å². The number of halogens is 1. The van der Waals surface area contributed by atoms with E-state index in [2.05, 4.69) is 32.3 Å². The molecule has 0 N–H and O–H groups in total. The predicted molar refractivity (Wildman–Crippen MR) is 108 cm³/mol. The van der Waals surface area contributed by atoms with Crippen LogP contribution in [-0.2, 0) is 6.42 Å². The van der Waals surface area contributed by atoms with Crippen molar-refractivity contribution < 1.29 is 4.74 Å². The molecular formula is C19H20ClN3OS2. The number of hydrogen-bond donors (Lipinski definition) is 0. The van der Waals surface area contributed by atoms with E-state index in [1.54, 1.807) is 23.1 Å². The van der Waals surface area contributed by atoms with E-state index in [9.17, 15) is 0 Å². The Bertz CT molecular complexity index is 846. The lowest BCUT2D eigenvalue weighted by Crippen LogP contribution is -2.04. The average molecular weight is 406 g/mol. The van der Waals surface area contributed by atoms with Crippen molar-refractivity contribution in [2.45, 2.75) is 36.9 Å². The monoisotopic (exact) mass is 405 g/mol. The zero-order valence-corrected chi connectivity index (χ0v) is 16.7. The molecule has 4 nitrogen and oxygen atoms in total. The maximum Gasteiger partial charge on any atom is 0.191 e. The molecule has 3 aromatic rings. The van der Waals surface area contributed by atoms with E-state index in [1.807, 2.05) is 24.3 Å². The Labute approximate surface area is 166 Å². The van der Waals surface area contributed by atoms with Gasteiger partial charge in [-0.3, -0.25) is 0 Å². The fraction of sp³-hybridized carbons (Fsp3) is 0.368. The van der Waals surface area contributed by atoms with Gasteiger partial charge < -0.3 is 9.30 Å². The standard InChI is InChI=1S/C19H20ClN3OS2/c20-14-4-1-5-16(12-14)24-9-3-11-26-19-22-21-18(23(19)15-7-8-15)13-17-6-2-10-25-17/h1-2,4-6,10,12,15H,3,7-9,11,13H2. The van der Waals surface area contributed by atoms with Crippen LogP contribution in [0, 0.1) is 0 Å². The highest BCUT2D eigenvalue weighted by Gasteiger charge is 2.29. The van der Waals surface area contributed by atoms with Gasteiger partial charge in [0, 0.05) is 28.1 Å². The Balaban J connectivity index is 1.30. The normalized spacial score (nSPS) is 13.9. The highest BCUT2D eigenvalue weighted by molar-refractivity contribution is 7.99. The summed E-state index contributed by atoms with van der Waals surface area (Å²) < 4.78 is 8.10. The molecule has 0 amide bonds. The summed E-state index contributed by atoms with van der Waals surface area (Å²) in [5.74, 6) is 2.87. The van der Waals surface area contributed by atoms with Gasteiger partial charge in [-0.05, 0) is 48.9 Å². The van der Waals surface area contributed by atoms with Gasteiger partial charge in [0.1, 0.15) is 11.6 Å². The summed E-state index contributed by atoms with van der Waals surface area (Å²) in [6.07, 6.45) is 4.30. The van der Waals surface area contributed by atoms with Gasteiger partial charge in [-0.15, -0.1) is 21.5 Å². The highest BCUT2D eigenvalue weighted by atomic mass is 35.5. The molecule has 7 heteroatoms. The van der Waals surface area contributed by atoms with E-state index in [0.717, 1.165) is 35.3 Å². The Hall–Kier alpha value is -1.50. The van der Waals surface area contributed by atoms with Gasteiger partial charge in [0.15, 0.2) is 5.16 Å². The first-order chi connectivity index (χ1) is 12.8. The van der Waals surface area contributed by atoms with Crippen molar-refractivity contribution in [1.82, 2.24) is 14.8 Å². The lowest BCUT2D eigenvalue weighted by molar-refractivity contribution is 0.318. The molecular weight excluding hydrogens is 386 g/mol. The topological polar surface area (TPSA) is 39.9 Å². The Morgan fingerprint density at radius 3 is 2.92 bits per heavy atom. The van der Waals surface area contributed by atoms with Crippen LogP contribution < -0.4 is 4.74 Å². The number of rotatable bonds is 9. The van der Waals surface area contributed by atoms with Gasteiger partial charge in [0.2, 0.25) is 0 Å². The van der Waals surface area contributed by atoms with E-state index < -0.39 is 0 Å². The minimum absolute atomic E-state index is 0.588. The van der Waals surface area contributed by atoms with E-state index in [0.29, 0.717) is 17.7 Å². The number of aromatic nitrogens is 3. The maximum absolute atomic E-state index is 5.97. The van der Waals surface area contributed by atoms with Gasteiger partial charge >= 0.3 is 0 Å². The van der Waals surface area contributed by atoms with Crippen molar-refractivity contribution in [3.8, 4) is 5.75 Å². The molecule has 1 aliphatic carbocycles. The summed E-state index contributed by atoms with van der Waals surface area (Å²) in [5, 5.41) is 12.8. The quantitative estimate of drug-likeness (QED) is 0.349. The largest absolute Gasteiger partial charge is 0.494 e. The summed E-state index contributed by atoms with van der Waals surface area (Å²) in [6, 6.07) is 12.4. The first-order valence-electron chi connectivity index (χ1n) is 8.77. The number of ether oxygens (including phenoxy) is 1. The molecule has 26 heavy (non-hydrogen) atoms. The van der Waals surface area contributed by atoms with Crippen molar-refractivity contribution in [2.24, 2.45) is 0 Å². The average Bonchev–Trinajstić information content (AvgIpc) is 3.19. The van der Waals surface area contributed by atoms with Crippen LogP contribution in [0.25, 0.3) is 0 Å². The first-order valence-corrected chi connectivity index (χ1v) is 11.0. The molecule has 0 radical (unpaired) electrons. The maximum atomic E-state index is 5.97. The molecule has 0 bridgehead atoms. The number of hydrogen-bond acceptors (Lipinski definition) is 5. The highest BCUT2D eigenvalue weighted by Crippen LogP contribution is 2.39. The molecule has 0 aliphatic heterocycles. The predicted octanol–water partition coefficient (Wildman–Crippen LogP) is 5.48. The Kier molecular flexibility index (Phi) is 5.82. The first kappa shape index (κ1) is 17.9. The second kappa shape index (κ2) is 8.46. The molecule has 1 aromatic carbocycles. The van der Waals surface area contributed by atoms with Gasteiger partial charge in [0.05, 0.1) is 6.61 Å². The van der Waals surface area contributed by atoms with Gasteiger partial charge in [-0.2, -0.15) is 0 Å². The molecule has 2 heterocycles. The smallest absolute Gasteiger partial charge is 0.191 e. The minimum atomic E-state index is 0.588. The van der Waals surface area contributed by atoms with Gasteiger partial charge in [-0.1, -0.05) is 35.5 Å². The second-order valence-electron chi connectivity index (χ2n) is 6.26. The van der Waals surface area contributed by atoms with Crippen LogP contribution in [0.4, 0.5) is 0 Å². The SMILES string of the molecule is Clc1cccc(OCCCSc2nnc(Cc3cccs3)n2C2CC2)c1. The van der Waals surface area contributed by atoms with Crippen molar-refractivity contribution >= 4 is 34.7 Å². The minimum Gasteiger partial charge on any atom is -0.494 e. The molecule has 1 saturated carbocycles. The lowest BCUT2D eigenvalue weighted by Gasteiger charge is -2.09. The van der Waals surface area contributed by atoms with Crippen LogP contribution in [0.2, 0.25) is 5.02 Å². The molecule has 0 saturated heterocycles. The Morgan fingerprint density at radius 1 is 1.23 bits per heavy atom. The number of benzene rings is 1. The molecule has 4 rings (SSSR count). The Morgan fingerprint density at radius 2 is 2.15 bits per heavy atom. The second-order valence-corrected chi connectivity index (χ2v) is 8.79. The summed E-state index contributed by atoms with van der Waals surface area (Å²) >= 11 is 9.52. The van der Waals surface area contributed by atoms with Crippen molar-refractivity contribution in [3.63, 3.8) is 0 Å². The molecule has 1 fully saturated rings. The van der Waals surface area contributed by atoms with Crippen LogP contribution in [0.15, 0.2) is 46.9 Å². The molecule has 0 spiro atoms. The summed E-state index contributed by atoms with van der Waals surface area (Å²) in [6.45, 7) is 0.674. The van der Waals surface area contributed by atoms with Crippen molar-refractivity contribution in [3.05, 3.63) is 57.5 Å². The third kappa shape index (κ3) is 4.61. The van der Waals surface area contributed by atoms with Gasteiger partial charge in [0.25, 0.3) is 0 Å². The van der Waals surface area contributed by atoms with Gasteiger partial charge in [-0.25, -0.2) is 0 Å². The van der Waals surface area contributed by atoms with Crippen LogP contribution in [0.1, 0.15) is 36.0 Å². The van der Waals surface area contributed by atoms with E-state index in [-0.39, 0.29) is 0 Å². The van der Waals surface area contributed by atoms with Crippen LogP contribution >= 0.6 is 34.7 Å².